The molecule has 0 aliphatic carbocycles. The summed E-state index contributed by atoms with van der Waals surface area (Å²) in [7, 11) is 1.71. The Balaban J connectivity index is 2.40. The monoisotopic (exact) mass is 313 g/mol. The van der Waals surface area contributed by atoms with Crippen molar-refractivity contribution in [1.82, 2.24) is 4.90 Å². The molecule has 1 unspecified atom stereocenters. The Bertz CT molecular complexity index is 608. The molecular formula is C16H18F3NO2. The van der Waals surface area contributed by atoms with Gasteiger partial charge in [0.25, 0.3) is 0 Å². The van der Waals surface area contributed by atoms with Crippen molar-refractivity contribution < 1.29 is 22.7 Å². The van der Waals surface area contributed by atoms with Crippen molar-refractivity contribution in [3.05, 3.63) is 46.8 Å². The lowest BCUT2D eigenvalue weighted by Crippen LogP contribution is -2.23. The van der Waals surface area contributed by atoms with Crippen LogP contribution in [0.2, 0.25) is 0 Å². The maximum atomic E-state index is 12.8. The molecule has 1 atom stereocenters. The van der Waals surface area contributed by atoms with Crippen molar-refractivity contribution in [2.75, 3.05) is 13.7 Å². The molecule has 0 amide bonds. The Morgan fingerprint density at radius 3 is 2.50 bits per heavy atom. The lowest BCUT2D eigenvalue weighted by atomic mass is 9.94. The van der Waals surface area contributed by atoms with Crippen molar-refractivity contribution in [3.8, 4) is 0 Å². The Labute approximate surface area is 127 Å². The summed E-state index contributed by atoms with van der Waals surface area (Å²) < 4.78 is 43.7. The molecule has 0 N–H and O–H groups in total. The molecule has 0 spiro atoms. The van der Waals surface area contributed by atoms with Crippen LogP contribution in [-0.2, 0) is 22.1 Å². The number of halogens is 3. The number of nitrogens with zero attached hydrogens (tertiary/aromatic N) is 1. The highest BCUT2D eigenvalue weighted by molar-refractivity contribution is 6.00. The van der Waals surface area contributed by atoms with Crippen LogP contribution in [0.5, 0.6) is 0 Å². The second kappa shape index (κ2) is 6.02. The summed E-state index contributed by atoms with van der Waals surface area (Å²) in [5.41, 5.74) is 0.416. The maximum Gasteiger partial charge on any atom is 0.416 e. The van der Waals surface area contributed by atoms with E-state index in [9.17, 15) is 18.0 Å². The average molecular weight is 313 g/mol. The fourth-order valence-electron chi connectivity index (χ4n) is 2.62. The Kier molecular flexibility index (Phi) is 4.49. The molecule has 1 aromatic carbocycles. The predicted octanol–water partition coefficient (Wildman–Crippen LogP) is 3.70. The third-order valence-corrected chi connectivity index (χ3v) is 3.66. The van der Waals surface area contributed by atoms with E-state index in [0.717, 1.165) is 12.1 Å². The van der Waals surface area contributed by atoms with Crippen LogP contribution >= 0.6 is 0 Å². The summed E-state index contributed by atoms with van der Waals surface area (Å²) in [5, 5.41) is 0. The lowest BCUT2D eigenvalue weighted by Gasteiger charge is -2.22. The van der Waals surface area contributed by atoms with Crippen LogP contribution in [0.25, 0.3) is 0 Å². The molecule has 1 aliphatic heterocycles. The predicted molar refractivity (Wildman–Crippen MR) is 76.0 cm³/mol. The fourth-order valence-corrected chi connectivity index (χ4v) is 2.62. The van der Waals surface area contributed by atoms with Gasteiger partial charge in [-0.25, -0.2) is 0 Å². The standard InChI is InChI=1S/C16H18F3NO2/c1-4-10-8-11(16(17,18)19)6-7-12(10)14-15(21)13(22-5-2)9-20(14)3/h6-9,14H,4-5H2,1-3H3. The molecule has 0 radical (unpaired) electrons. The number of rotatable bonds is 4. The van der Waals surface area contributed by atoms with E-state index in [4.69, 9.17) is 4.74 Å². The first-order valence-electron chi connectivity index (χ1n) is 7.10. The van der Waals surface area contributed by atoms with E-state index in [2.05, 4.69) is 0 Å². The van der Waals surface area contributed by atoms with Gasteiger partial charge in [0.15, 0.2) is 5.76 Å². The summed E-state index contributed by atoms with van der Waals surface area (Å²) in [5.74, 6) is 0.0239. The largest absolute Gasteiger partial charge is 0.489 e. The van der Waals surface area contributed by atoms with Crippen molar-refractivity contribution in [2.45, 2.75) is 32.5 Å². The third kappa shape index (κ3) is 2.96. The van der Waals surface area contributed by atoms with Crippen molar-refractivity contribution in [1.29, 1.82) is 0 Å². The summed E-state index contributed by atoms with van der Waals surface area (Å²) in [6, 6.07) is 2.91. The Morgan fingerprint density at radius 1 is 1.27 bits per heavy atom. The van der Waals surface area contributed by atoms with Crippen LogP contribution in [-0.4, -0.2) is 24.3 Å². The van der Waals surface area contributed by atoms with Crippen molar-refractivity contribution in [3.63, 3.8) is 0 Å². The minimum atomic E-state index is -4.39. The van der Waals surface area contributed by atoms with E-state index >= 15 is 0 Å². The number of alkyl halides is 3. The summed E-state index contributed by atoms with van der Waals surface area (Å²) in [6.07, 6.45) is -2.38. The molecule has 22 heavy (non-hydrogen) atoms. The highest BCUT2D eigenvalue weighted by atomic mass is 19.4. The molecule has 0 fully saturated rings. The molecule has 0 saturated heterocycles. The van der Waals surface area contributed by atoms with Gasteiger partial charge < -0.3 is 9.64 Å². The van der Waals surface area contributed by atoms with Crippen LogP contribution in [0.15, 0.2) is 30.2 Å². The fraction of sp³-hybridized carbons (Fsp3) is 0.438. The number of likely N-dealkylation sites (N-methyl/N-ethyl adjacent to an activating group) is 1. The van der Waals surface area contributed by atoms with Gasteiger partial charge >= 0.3 is 6.18 Å². The molecule has 1 aliphatic rings. The van der Waals surface area contributed by atoms with Crippen molar-refractivity contribution >= 4 is 5.78 Å². The highest BCUT2D eigenvalue weighted by Crippen LogP contribution is 2.36. The number of aryl methyl sites for hydroxylation is 1. The van der Waals surface area contributed by atoms with E-state index in [1.54, 1.807) is 32.0 Å². The Morgan fingerprint density at radius 2 is 1.95 bits per heavy atom. The molecule has 120 valence electrons. The van der Waals surface area contributed by atoms with Gasteiger partial charge in [0, 0.05) is 13.2 Å². The van der Waals surface area contributed by atoms with Gasteiger partial charge in [-0.05, 0) is 36.6 Å². The van der Waals surface area contributed by atoms with Crippen LogP contribution in [0.1, 0.15) is 36.6 Å². The lowest BCUT2D eigenvalue weighted by molar-refractivity contribution is -0.137. The van der Waals surface area contributed by atoms with E-state index in [-0.39, 0.29) is 11.5 Å². The zero-order chi connectivity index (χ0) is 16.5. The molecular weight excluding hydrogens is 295 g/mol. The first-order chi connectivity index (χ1) is 10.3. The van der Waals surface area contributed by atoms with Crippen molar-refractivity contribution in [2.24, 2.45) is 0 Å². The molecule has 0 bridgehead atoms. The number of hydrogen-bond acceptors (Lipinski definition) is 3. The topological polar surface area (TPSA) is 29.5 Å². The Hall–Kier alpha value is -1.98. The highest BCUT2D eigenvalue weighted by Gasteiger charge is 2.37. The van der Waals surface area contributed by atoms with Gasteiger partial charge in [-0.2, -0.15) is 13.2 Å². The number of carbonyl (C=O) groups is 1. The molecule has 0 saturated carbocycles. The van der Waals surface area contributed by atoms with E-state index in [0.29, 0.717) is 24.2 Å². The van der Waals surface area contributed by atoms with E-state index in [1.165, 1.54) is 6.07 Å². The first-order valence-corrected chi connectivity index (χ1v) is 7.10. The van der Waals surface area contributed by atoms with Gasteiger partial charge in [-0.3, -0.25) is 4.79 Å². The maximum absolute atomic E-state index is 12.8. The number of ketones is 1. The number of carbonyl (C=O) groups excluding carboxylic acids is 1. The van der Waals surface area contributed by atoms with Gasteiger partial charge in [-0.1, -0.05) is 13.0 Å². The van der Waals surface area contributed by atoms with Gasteiger partial charge in [-0.15, -0.1) is 0 Å². The van der Waals surface area contributed by atoms with Crippen LogP contribution in [0.3, 0.4) is 0 Å². The molecule has 1 heterocycles. The number of benzene rings is 1. The zero-order valence-electron chi connectivity index (χ0n) is 12.7. The molecule has 2 rings (SSSR count). The van der Waals surface area contributed by atoms with Crippen LogP contribution < -0.4 is 0 Å². The third-order valence-electron chi connectivity index (χ3n) is 3.66. The number of ether oxygens (including phenoxy) is 1. The van der Waals surface area contributed by atoms with E-state index < -0.39 is 17.8 Å². The summed E-state index contributed by atoms with van der Waals surface area (Å²) >= 11 is 0. The summed E-state index contributed by atoms with van der Waals surface area (Å²) in [4.78, 5) is 14.1. The number of hydrogen-bond donors (Lipinski definition) is 0. The number of Topliss-reactive ketones (excluding diaryl/α,β-unsaturated/α-hetero) is 1. The summed E-state index contributed by atoms with van der Waals surface area (Å²) in [6.45, 7) is 3.91. The second-order valence-electron chi connectivity index (χ2n) is 5.12. The minimum absolute atomic E-state index is 0.223. The minimum Gasteiger partial charge on any atom is -0.489 e. The quantitative estimate of drug-likeness (QED) is 0.849. The zero-order valence-corrected chi connectivity index (χ0v) is 12.7. The molecule has 3 nitrogen and oxygen atoms in total. The smallest absolute Gasteiger partial charge is 0.416 e. The van der Waals surface area contributed by atoms with E-state index in [1.807, 2.05) is 0 Å². The second-order valence-corrected chi connectivity index (χ2v) is 5.12. The van der Waals surface area contributed by atoms with Gasteiger partial charge in [0.2, 0.25) is 5.78 Å². The molecule has 6 heteroatoms. The van der Waals surface area contributed by atoms with Gasteiger partial charge in [0.05, 0.1) is 12.2 Å². The normalized spacial score (nSPS) is 18.6. The average Bonchev–Trinajstić information content (AvgIpc) is 2.72. The van der Waals surface area contributed by atoms with Crippen LogP contribution in [0, 0.1) is 0 Å². The molecule has 1 aromatic rings. The van der Waals surface area contributed by atoms with Gasteiger partial charge in [0.1, 0.15) is 6.04 Å². The molecule has 0 aromatic heterocycles. The SMILES string of the molecule is CCOC1=CN(C)C(c2ccc(C(F)(F)F)cc2CC)C1=O. The first kappa shape index (κ1) is 16.4. The van der Waals surface area contributed by atoms with Crippen LogP contribution in [0.4, 0.5) is 13.2 Å².